The molecule has 1 aliphatic heterocycles. The van der Waals surface area contributed by atoms with Crippen LogP contribution in [0.15, 0.2) is 85.0 Å². The van der Waals surface area contributed by atoms with Gasteiger partial charge in [0, 0.05) is 25.0 Å². The molecule has 2 rings (SSSR count). The standard InChI is InChI=1S/C23H30N4/c1-6-9-21(24-7-2)23(25-8-3)18(5)26-16-19-11-13-20-12-10-17(4)15-27-22(20)14-19/h7-9,11,13-14,24,26-27H,2-6,10,12,15-16H2,1H3. The summed E-state index contributed by atoms with van der Waals surface area (Å²) in [6, 6.07) is 6.55. The molecule has 27 heavy (non-hydrogen) atoms. The highest BCUT2D eigenvalue weighted by atomic mass is 15.0. The van der Waals surface area contributed by atoms with Gasteiger partial charge in [-0.15, -0.1) is 0 Å². The van der Waals surface area contributed by atoms with Crippen molar-refractivity contribution in [3.8, 4) is 0 Å². The first kappa shape index (κ1) is 20.3. The van der Waals surface area contributed by atoms with Crippen LogP contribution >= 0.6 is 0 Å². The van der Waals surface area contributed by atoms with Gasteiger partial charge in [0.25, 0.3) is 0 Å². The van der Waals surface area contributed by atoms with Gasteiger partial charge in [0.15, 0.2) is 0 Å². The summed E-state index contributed by atoms with van der Waals surface area (Å²) in [6.45, 7) is 19.3. The van der Waals surface area contributed by atoms with Crippen LogP contribution in [0.4, 0.5) is 5.69 Å². The van der Waals surface area contributed by atoms with E-state index in [1.165, 1.54) is 28.6 Å². The number of fused-ring (bicyclic) bond motifs is 1. The largest absolute Gasteiger partial charge is 0.381 e. The van der Waals surface area contributed by atoms with Crippen molar-refractivity contribution < 1.29 is 0 Å². The number of anilines is 1. The van der Waals surface area contributed by atoms with Crippen LogP contribution < -0.4 is 16.0 Å². The molecule has 1 aliphatic rings. The van der Waals surface area contributed by atoms with Crippen molar-refractivity contribution in [2.75, 3.05) is 11.9 Å². The Labute approximate surface area is 163 Å². The molecule has 0 amide bonds. The van der Waals surface area contributed by atoms with Crippen molar-refractivity contribution in [3.63, 3.8) is 0 Å². The summed E-state index contributed by atoms with van der Waals surface area (Å²) in [4.78, 5) is 4.38. The molecule has 0 atom stereocenters. The highest BCUT2D eigenvalue weighted by molar-refractivity contribution is 6.11. The molecule has 0 spiro atoms. The molecule has 1 heterocycles. The van der Waals surface area contributed by atoms with E-state index in [2.05, 4.69) is 78.5 Å². The fourth-order valence-electron chi connectivity index (χ4n) is 2.97. The Bertz CT molecular complexity index is 784. The van der Waals surface area contributed by atoms with Gasteiger partial charge in [-0.1, -0.05) is 57.0 Å². The Morgan fingerprint density at radius 1 is 1.30 bits per heavy atom. The van der Waals surface area contributed by atoms with Crippen molar-refractivity contribution >= 4 is 11.4 Å². The average molecular weight is 363 g/mol. The zero-order valence-corrected chi connectivity index (χ0v) is 16.3. The maximum atomic E-state index is 4.38. The van der Waals surface area contributed by atoms with Gasteiger partial charge < -0.3 is 16.0 Å². The van der Waals surface area contributed by atoms with Gasteiger partial charge in [0.2, 0.25) is 0 Å². The van der Waals surface area contributed by atoms with E-state index in [0.29, 0.717) is 6.54 Å². The smallest absolute Gasteiger partial charge is 0.109 e. The van der Waals surface area contributed by atoms with E-state index < -0.39 is 0 Å². The first-order valence-corrected chi connectivity index (χ1v) is 9.31. The van der Waals surface area contributed by atoms with Gasteiger partial charge in [-0.05, 0) is 42.7 Å². The number of hydrogen-bond donors (Lipinski definition) is 3. The van der Waals surface area contributed by atoms with E-state index in [1.807, 2.05) is 0 Å². The second-order valence-electron chi connectivity index (χ2n) is 6.46. The van der Waals surface area contributed by atoms with E-state index in [9.17, 15) is 0 Å². The highest BCUT2D eigenvalue weighted by Gasteiger charge is 2.12. The fourth-order valence-corrected chi connectivity index (χ4v) is 2.97. The third kappa shape index (κ3) is 5.74. The molecule has 0 saturated carbocycles. The van der Waals surface area contributed by atoms with E-state index in [4.69, 9.17) is 0 Å². The zero-order valence-electron chi connectivity index (χ0n) is 16.3. The second-order valence-corrected chi connectivity index (χ2v) is 6.46. The number of aliphatic imine (C=N–C) groups is 1. The molecule has 4 heteroatoms. The lowest BCUT2D eigenvalue weighted by Crippen LogP contribution is -2.25. The molecule has 0 fully saturated rings. The minimum atomic E-state index is 0.665. The van der Waals surface area contributed by atoms with Gasteiger partial charge in [0.05, 0.1) is 11.4 Å². The van der Waals surface area contributed by atoms with Crippen molar-refractivity contribution in [2.24, 2.45) is 4.99 Å². The predicted octanol–water partition coefficient (Wildman–Crippen LogP) is 4.82. The van der Waals surface area contributed by atoms with E-state index >= 15 is 0 Å². The van der Waals surface area contributed by atoms with Gasteiger partial charge in [-0.3, -0.25) is 4.99 Å². The molecule has 142 valence electrons. The number of benzene rings is 1. The Kier molecular flexibility index (Phi) is 7.68. The molecule has 3 N–H and O–H groups in total. The van der Waals surface area contributed by atoms with Crippen molar-refractivity contribution in [3.05, 3.63) is 91.1 Å². The summed E-state index contributed by atoms with van der Waals surface area (Å²) >= 11 is 0. The van der Waals surface area contributed by atoms with E-state index in [-0.39, 0.29) is 0 Å². The summed E-state index contributed by atoms with van der Waals surface area (Å²) < 4.78 is 0. The number of rotatable bonds is 9. The lowest BCUT2D eigenvalue weighted by Gasteiger charge is -2.16. The quantitative estimate of drug-likeness (QED) is 0.436. The summed E-state index contributed by atoms with van der Waals surface area (Å²) in [6.07, 6.45) is 8.17. The van der Waals surface area contributed by atoms with Crippen molar-refractivity contribution in [2.45, 2.75) is 32.7 Å². The molecule has 1 aromatic carbocycles. The summed E-state index contributed by atoms with van der Waals surface area (Å²) in [5.41, 5.74) is 7.30. The van der Waals surface area contributed by atoms with Gasteiger partial charge in [0.1, 0.15) is 5.71 Å². The number of aryl methyl sites for hydroxylation is 1. The topological polar surface area (TPSA) is 48.5 Å². The van der Waals surface area contributed by atoms with E-state index in [0.717, 1.165) is 42.9 Å². The molecule has 0 aromatic heterocycles. The predicted molar refractivity (Wildman–Crippen MR) is 118 cm³/mol. The van der Waals surface area contributed by atoms with Crippen LogP contribution in [0.5, 0.6) is 0 Å². The number of nitrogens with one attached hydrogen (secondary N) is 3. The SMILES string of the molecule is C=CN=C(C(=C)NCc1ccc2c(c1)NCC(=C)CC2)C(=CCC)NC=C. The Morgan fingerprint density at radius 3 is 2.81 bits per heavy atom. The monoisotopic (exact) mass is 362 g/mol. The Hall–Kier alpha value is -3.01. The highest BCUT2D eigenvalue weighted by Crippen LogP contribution is 2.24. The molecule has 1 aromatic rings. The molecule has 0 bridgehead atoms. The van der Waals surface area contributed by atoms with Gasteiger partial charge >= 0.3 is 0 Å². The van der Waals surface area contributed by atoms with Crippen molar-refractivity contribution in [1.82, 2.24) is 10.6 Å². The molecule has 4 nitrogen and oxygen atoms in total. The Balaban J connectivity index is 2.10. The normalized spacial score (nSPS) is 14.5. The van der Waals surface area contributed by atoms with Crippen LogP contribution in [0.1, 0.15) is 30.9 Å². The third-order valence-corrected chi connectivity index (χ3v) is 4.38. The van der Waals surface area contributed by atoms with Gasteiger partial charge in [-0.2, -0.15) is 0 Å². The molecular weight excluding hydrogens is 332 g/mol. The second kappa shape index (κ2) is 10.2. The summed E-state index contributed by atoms with van der Waals surface area (Å²) in [5.74, 6) is 0. The van der Waals surface area contributed by atoms with Crippen LogP contribution in [-0.4, -0.2) is 12.3 Å². The molecule has 0 saturated heterocycles. The van der Waals surface area contributed by atoms with Crippen LogP contribution in [0.25, 0.3) is 0 Å². The molecular formula is C23H30N4. The average Bonchev–Trinajstić information content (AvgIpc) is 2.85. The van der Waals surface area contributed by atoms with Crippen LogP contribution in [-0.2, 0) is 13.0 Å². The zero-order chi connectivity index (χ0) is 19.6. The lowest BCUT2D eigenvalue weighted by atomic mass is 10.0. The van der Waals surface area contributed by atoms with Crippen LogP contribution in [0.3, 0.4) is 0 Å². The van der Waals surface area contributed by atoms with Crippen LogP contribution in [0, 0.1) is 0 Å². The number of allylic oxidation sites excluding steroid dienone is 1. The fraction of sp³-hybridized carbons (Fsp3) is 0.261. The molecule has 0 unspecified atom stereocenters. The third-order valence-electron chi connectivity index (χ3n) is 4.38. The maximum absolute atomic E-state index is 4.38. The van der Waals surface area contributed by atoms with Crippen LogP contribution in [0.2, 0.25) is 0 Å². The minimum absolute atomic E-state index is 0.665. The number of hydrogen-bond acceptors (Lipinski definition) is 4. The molecule has 0 aliphatic carbocycles. The Morgan fingerprint density at radius 2 is 2.11 bits per heavy atom. The first-order valence-electron chi connectivity index (χ1n) is 9.31. The summed E-state index contributed by atoms with van der Waals surface area (Å²) in [5, 5.41) is 9.99. The maximum Gasteiger partial charge on any atom is 0.109 e. The van der Waals surface area contributed by atoms with Gasteiger partial charge in [-0.25, -0.2) is 0 Å². The molecule has 0 radical (unpaired) electrons. The van der Waals surface area contributed by atoms with Crippen molar-refractivity contribution in [1.29, 1.82) is 0 Å². The summed E-state index contributed by atoms with van der Waals surface area (Å²) in [7, 11) is 0. The lowest BCUT2D eigenvalue weighted by molar-refractivity contribution is 0.843. The van der Waals surface area contributed by atoms with E-state index in [1.54, 1.807) is 6.20 Å². The first-order chi connectivity index (χ1) is 13.1. The minimum Gasteiger partial charge on any atom is -0.381 e. The number of nitrogens with zero attached hydrogens (tertiary/aromatic N) is 1.